The number of fused-ring (bicyclic) bond motifs is 1. The molecule has 4 N–H and O–H groups in total. The number of amides is 1. The molecule has 0 saturated heterocycles. The van der Waals surface area contributed by atoms with E-state index >= 15 is 0 Å². The standard InChI is InChI=1S/C29H25Cl3F5N5O3/c1-42-21-8-22(45-12-23(34)35)16(27(44)39-15-3-5-19(33)18(31)6-15)7-20(21)40-28(42)41-25-17(30)4-2-13(24(25)32)11-38-26(43)14-9-29(36,37)10-14/h2-8,14,23,26,38,43H,9-12H2,1H3,(H,39,44)(H,40,41)/t26-/m0/s1. The van der Waals surface area contributed by atoms with Gasteiger partial charge < -0.3 is 25.0 Å². The molecule has 0 spiro atoms. The molecule has 1 aromatic heterocycles. The minimum atomic E-state index is -2.82. The van der Waals surface area contributed by atoms with Crippen molar-refractivity contribution >= 4 is 69.1 Å². The van der Waals surface area contributed by atoms with Crippen LogP contribution in [0.4, 0.5) is 39.3 Å². The monoisotopic (exact) mass is 691 g/mol. The van der Waals surface area contributed by atoms with E-state index in [2.05, 4.69) is 20.9 Å². The minimum absolute atomic E-state index is 0.0546. The van der Waals surface area contributed by atoms with Gasteiger partial charge in [-0.05, 0) is 35.9 Å². The van der Waals surface area contributed by atoms with Crippen LogP contribution in [0, 0.1) is 11.7 Å². The SMILES string of the molecule is Cn1c(Nc2c(Cl)ccc(CN[C@@H](O)C3CC(F)(F)C3)c2Cl)nc2cc(C(=O)Nc3ccc(F)c(Cl)c3)c(OCC(F)F)cc21. The Hall–Kier alpha value is -3.36. The molecule has 16 heteroatoms. The second-order valence-electron chi connectivity index (χ2n) is 10.5. The number of carbonyl (C=O) groups is 1. The number of aromatic nitrogens is 2. The van der Waals surface area contributed by atoms with E-state index < -0.39 is 55.7 Å². The molecule has 0 aliphatic heterocycles. The van der Waals surface area contributed by atoms with E-state index in [1.807, 2.05) is 0 Å². The number of ether oxygens (including phenoxy) is 1. The highest BCUT2D eigenvalue weighted by Crippen LogP contribution is 2.44. The molecular weight excluding hydrogens is 668 g/mol. The van der Waals surface area contributed by atoms with E-state index in [-0.39, 0.29) is 55.8 Å². The summed E-state index contributed by atoms with van der Waals surface area (Å²) in [4.78, 5) is 17.7. The van der Waals surface area contributed by atoms with Gasteiger partial charge in [0.1, 0.15) is 24.4 Å². The predicted octanol–water partition coefficient (Wildman–Crippen LogP) is 7.77. The van der Waals surface area contributed by atoms with E-state index in [1.165, 1.54) is 24.3 Å². The molecule has 3 aromatic carbocycles. The Bertz CT molecular complexity index is 1750. The molecule has 1 amide bonds. The second kappa shape index (κ2) is 13.2. The maximum Gasteiger partial charge on any atom is 0.272 e. The first-order valence-electron chi connectivity index (χ1n) is 13.4. The fourth-order valence-electron chi connectivity index (χ4n) is 4.82. The summed E-state index contributed by atoms with van der Waals surface area (Å²) in [6.07, 6.45) is -4.79. The van der Waals surface area contributed by atoms with Crippen LogP contribution in [0.25, 0.3) is 11.0 Å². The Kier molecular flexibility index (Phi) is 9.66. The minimum Gasteiger partial charge on any atom is -0.487 e. The number of anilines is 3. The van der Waals surface area contributed by atoms with Crippen LogP contribution in [0.1, 0.15) is 28.8 Å². The lowest BCUT2D eigenvalue weighted by Gasteiger charge is -2.38. The number of benzene rings is 3. The van der Waals surface area contributed by atoms with Crippen LogP contribution in [-0.2, 0) is 13.6 Å². The summed E-state index contributed by atoms with van der Waals surface area (Å²) in [6, 6.07) is 9.42. The molecule has 45 heavy (non-hydrogen) atoms. The molecule has 8 nitrogen and oxygen atoms in total. The molecule has 1 heterocycles. The number of hydrogen-bond acceptors (Lipinski definition) is 6. The van der Waals surface area contributed by atoms with Crippen molar-refractivity contribution in [3.63, 3.8) is 0 Å². The normalized spacial score (nSPS) is 15.3. The van der Waals surface area contributed by atoms with Gasteiger partial charge in [-0.15, -0.1) is 0 Å². The molecule has 1 atom stereocenters. The summed E-state index contributed by atoms with van der Waals surface area (Å²) in [5, 5.41) is 18.8. The molecule has 1 fully saturated rings. The highest BCUT2D eigenvalue weighted by Gasteiger charge is 2.48. The van der Waals surface area contributed by atoms with Crippen LogP contribution < -0.4 is 20.7 Å². The topological polar surface area (TPSA) is 100 Å². The van der Waals surface area contributed by atoms with Crippen molar-refractivity contribution in [3.8, 4) is 5.75 Å². The van der Waals surface area contributed by atoms with E-state index in [1.54, 1.807) is 23.7 Å². The van der Waals surface area contributed by atoms with Gasteiger partial charge in [0.05, 0.1) is 37.4 Å². The largest absolute Gasteiger partial charge is 0.487 e. The van der Waals surface area contributed by atoms with Crippen molar-refractivity contribution in [1.29, 1.82) is 0 Å². The lowest BCUT2D eigenvalue weighted by molar-refractivity contribution is -0.147. The Balaban J connectivity index is 1.41. The van der Waals surface area contributed by atoms with Crippen LogP contribution in [0.5, 0.6) is 5.75 Å². The van der Waals surface area contributed by atoms with Crippen LogP contribution in [0.3, 0.4) is 0 Å². The smallest absolute Gasteiger partial charge is 0.272 e. The van der Waals surface area contributed by atoms with E-state index in [0.29, 0.717) is 11.1 Å². The molecule has 1 aliphatic rings. The van der Waals surface area contributed by atoms with Crippen molar-refractivity contribution in [3.05, 3.63) is 74.5 Å². The van der Waals surface area contributed by atoms with Crippen LogP contribution in [0.2, 0.25) is 15.1 Å². The zero-order chi connectivity index (χ0) is 32.6. The summed E-state index contributed by atoms with van der Waals surface area (Å²) in [5.74, 6) is -4.74. The summed E-state index contributed by atoms with van der Waals surface area (Å²) >= 11 is 18.9. The average molecular weight is 693 g/mol. The number of aliphatic hydroxyl groups excluding tert-OH is 1. The average Bonchev–Trinajstić information content (AvgIpc) is 3.27. The van der Waals surface area contributed by atoms with Gasteiger partial charge in [-0.3, -0.25) is 10.1 Å². The fraction of sp³-hybridized carbons (Fsp3) is 0.310. The van der Waals surface area contributed by atoms with Crippen molar-refractivity contribution in [2.45, 2.75) is 38.0 Å². The number of hydrogen-bond donors (Lipinski definition) is 4. The van der Waals surface area contributed by atoms with Gasteiger partial charge in [-0.1, -0.05) is 40.9 Å². The number of imidazole rings is 1. The highest BCUT2D eigenvalue weighted by molar-refractivity contribution is 6.39. The number of aryl methyl sites for hydroxylation is 1. The predicted molar refractivity (Wildman–Crippen MR) is 162 cm³/mol. The van der Waals surface area contributed by atoms with Gasteiger partial charge in [0, 0.05) is 44.1 Å². The zero-order valence-electron chi connectivity index (χ0n) is 23.3. The Morgan fingerprint density at radius 1 is 1.13 bits per heavy atom. The number of halogens is 8. The number of nitrogens with one attached hydrogen (secondary N) is 3. The molecule has 0 unspecified atom stereocenters. The Morgan fingerprint density at radius 3 is 2.53 bits per heavy atom. The summed E-state index contributed by atoms with van der Waals surface area (Å²) in [6.45, 7) is -0.930. The number of rotatable bonds is 11. The Morgan fingerprint density at radius 2 is 1.87 bits per heavy atom. The van der Waals surface area contributed by atoms with Gasteiger partial charge in [0.25, 0.3) is 12.3 Å². The molecule has 240 valence electrons. The van der Waals surface area contributed by atoms with Crippen molar-refractivity contribution in [1.82, 2.24) is 14.9 Å². The number of nitrogens with zero attached hydrogens (tertiary/aromatic N) is 2. The Labute approximate surface area is 268 Å². The summed E-state index contributed by atoms with van der Waals surface area (Å²) < 4.78 is 72.9. The maximum absolute atomic E-state index is 13.6. The van der Waals surface area contributed by atoms with Crippen molar-refractivity contribution < 1.29 is 36.6 Å². The fourth-order valence-corrected chi connectivity index (χ4v) is 5.54. The first-order valence-corrected chi connectivity index (χ1v) is 14.6. The molecule has 0 bridgehead atoms. The summed E-state index contributed by atoms with van der Waals surface area (Å²) in [5.41, 5.74) is 1.47. The third kappa shape index (κ3) is 7.39. The van der Waals surface area contributed by atoms with E-state index in [9.17, 15) is 31.9 Å². The third-order valence-electron chi connectivity index (χ3n) is 7.25. The van der Waals surface area contributed by atoms with Gasteiger partial charge in [-0.2, -0.15) is 0 Å². The van der Waals surface area contributed by atoms with Crippen LogP contribution >= 0.6 is 34.8 Å². The second-order valence-corrected chi connectivity index (χ2v) is 11.7. The van der Waals surface area contributed by atoms with Gasteiger partial charge in [-0.25, -0.2) is 26.9 Å². The molecule has 1 aliphatic carbocycles. The first kappa shape index (κ1) is 33.0. The van der Waals surface area contributed by atoms with Crippen LogP contribution in [0.15, 0.2) is 42.5 Å². The van der Waals surface area contributed by atoms with Crippen LogP contribution in [-0.4, -0.2) is 45.7 Å². The first-order chi connectivity index (χ1) is 21.2. The van der Waals surface area contributed by atoms with Crippen molar-refractivity contribution in [2.75, 3.05) is 17.2 Å². The molecule has 4 aromatic rings. The number of carbonyl (C=O) groups excluding carboxylic acids is 1. The molecule has 1 saturated carbocycles. The lowest BCUT2D eigenvalue weighted by atomic mass is 9.80. The van der Waals surface area contributed by atoms with Gasteiger partial charge in [0.15, 0.2) is 0 Å². The maximum atomic E-state index is 13.6. The molecular formula is C29H25Cl3F5N5O3. The lowest BCUT2D eigenvalue weighted by Crippen LogP contribution is -2.47. The van der Waals surface area contributed by atoms with Gasteiger partial charge in [0.2, 0.25) is 11.9 Å². The molecule has 5 rings (SSSR count). The van der Waals surface area contributed by atoms with Gasteiger partial charge >= 0.3 is 0 Å². The quantitative estimate of drug-likeness (QED) is 0.0948. The highest BCUT2D eigenvalue weighted by atomic mass is 35.5. The van der Waals surface area contributed by atoms with Crippen molar-refractivity contribution in [2.24, 2.45) is 13.0 Å². The third-order valence-corrected chi connectivity index (χ3v) is 8.28. The summed E-state index contributed by atoms with van der Waals surface area (Å²) in [7, 11) is 1.62. The number of alkyl halides is 4. The molecule has 0 radical (unpaired) electrons. The van der Waals surface area contributed by atoms with E-state index in [4.69, 9.17) is 39.5 Å². The van der Waals surface area contributed by atoms with E-state index in [0.717, 1.165) is 6.07 Å². The zero-order valence-corrected chi connectivity index (χ0v) is 25.6. The number of aliphatic hydroxyl groups is 1.